The largest absolute Gasteiger partial charge is 0.385 e. The van der Waals surface area contributed by atoms with Gasteiger partial charge in [0.25, 0.3) is 0 Å². The second-order valence-corrected chi connectivity index (χ2v) is 4.77. The molecule has 1 aromatic heterocycles. The first-order chi connectivity index (χ1) is 8.84. The van der Waals surface area contributed by atoms with Crippen LogP contribution in [0.25, 0.3) is 0 Å². The van der Waals surface area contributed by atoms with Gasteiger partial charge in [0.05, 0.1) is 13.2 Å². The minimum absolute atomic E-state index is 0.612. The van der Waals surface area contributed by atoms with Crippen molar-refractivity contribution in [3.05, 3.63) is 24.0 Å². The first-order valence-corrected chi connectivity index (χ1v) is 6.66. The molecule has 0 radical (unpaired) electrons. The lowest BCUT2D eigenvalue weighted by atomic mass is 10.1. The van der Waals surface area contributed by atoms with Gasteiger partial charge < -0.3 is 14.8 Å². The van der Waals surface area contributed by atoms with Crippen molar-refractivity contribution in [3.63, 3.8) is 0 Å². The maximum atomic E-state index is 5.65. The summed E-state index contributed by atoms with van der Waals surface area (Å²) in [5.41, 5.74) is 2.17. The summed E-state index contributed by atoms with van der Waals surface area (Å²) in [5, 5.41) is 3.37. The number of aromatic nitrogens is 1. The first kappa shape index (κ1) is 13.3. The van der Waals surface area contributed by atoms with E-state index in [2.05, 4.69) is 16.4 Å². The normalized spacial score (nSPS) is 19.1. The molecule has 1 fully saturated rings. The number of aryl methyl sites for hydroxylation is 1. The van der Waals surface area contributed by atoms with E-state index >= 15 is 0 Å². The molecule has 1 saturated heterocycles. The van der Waals surface area contributed by atoms with E-state index in [1.54, 1.807) is 0 Å². The Morgan fingerprint density at radius 3 is 3.28 bits per heavy atom. The molecule has 2 heterocycles. The lowest BCUT2D eigenvalue weighted by Gasteiger charge is -2.09. The zero-order chi connectivity index (χ0) is 12.6. The Morgan fingerprint density at radius 2 is 2.50 bits per heavy atom. The number of hydrogen-bond donors (Lipinski definition) is 1. The van der Waals surface area contributed by atoms with Crippen molar-refractivity contribution in [3.8, 4) is 0 Å². The van der Waals surface area contributed by atoms with Gasteiger partial charge in [-0.15, -0.1) is 0 Å². The summed E-state index contributed by atoms with van der Waals surface area (Å²) in [5.74, 6) is 0.612. The molecule has 0 saturated carbocycles. The molecule has 0 amide bonds. The smallest absolute Gasteiger partial charge is 0.0517 e. The highest BCUT2D eigenvalue weighted by Gasteiger charge is 2.14. The summed E-state index contributed by atoms with van der Waals surface area (Å²) in [6.07, 6.45) is 4.00. The third-order valence-corrected chi connectivity index (χ3v) is 3.07. The quantitative estimate of drug-likeness (QED) is 0.754. The fraction of sp³-hybridized carbons (Fsp3) is 0.643. The topological polar surface area (TPSA) is 43.4 Å². The van der Waals surface area contributed by atoms with E-state index in [4.69, 9.17) is 9.47 Å². The minimum atomic E-state index is 0.612. The molecule has 1 N–H and O–H groups in total. The van der Waals surface area contributed by atoms with Gasteiger partial charge in [-0.05, 0) is 31.9 Å². The molecule has 18 heavy (non-hydrogen) atoms. The van der Waals surface area contributed by atoms with Crippen LogP contribution in [0.5, 0.6) is 0 Å². The zero-order valence-corrected chi connectivity index (χ0v) is 11.0. The van der Waals surface area contributed by atoms with Crippen LogP contribution >= 0.6 is 0 Å². The van der Waals surface area contributed by atoms with Gasteiger partial charge >= 0.3 is 0 Å². The Bertz CT molecular complexity index is 351. The van der Waals surface area contributed by atoms with Crippen LogP contribution in [0.3, 0.4) is 0 Å². The van der Waals surface area contributed by atoms with Crippen molar-refractivity contribution in [2.45, 2.75) is 19.8 Å². The number of ether oxygens (including phenoxy) is 2. The van der Waals surface area contributed by atoms with E-state index in [-0.39, 0.29) is 0 Å². The summed E-state index contributed by atoms with van der Waals surface area (Å²) >= 11 is 0. The Labute approximate surface area is 109 Å². The van der Waals surface area contributed by atoms with Crippen LogP contribution in [0, 0.1) is 12.8 Å². The molecule has 1 atom stereocenters. The molecule has 1 unspecified atom stereocenters. The highest BCUT2D eigenvalue weighted by Crippen LogP contribution is 2.12. The number of nitrogens with zero attached hydrogens (tertiary/aromatic N) is 1. The van der Waals surface area contributed by atoms with Crippen LogP contribution in [-0.2, 0) is 9.47 Å². The molecule has 1 aromatic rings. The van der Waals surface area contributed by atoms with Gasteiger partial charge in [-0.3, -0.25) is 4.98 Å². The molecule has 100 valence electrons. The van der Waals surface area contributed by atoms with E-state index in [1.165, 1.54) is 0 Å². The number of anilines is 1. The molecule has 1 aliphatic heterocycles. The van der Waals surface area contributed by atoms with Crippen LogP contribution < -0.4 is 5.32 Å². The summed E-state index contributed by atoms with van der Waals surface area (Å²) in [7, 11) is 0. The van der Waals surface area contributed by atoms with Gasteiger partial charge in [-0.2, -0.15) is 0 Å². The Balaban J connectivity index is 1.50. The second kappa shape index (κ2) is 7.34. The molecule has 4 nitrogen and oxygen atoms in total. The van der Waals surface area contributed by atoms with E-state index in [0.717, 1.165) is 57.2 Å². The second-order valence-electron chi connectivity index (χ2n) is 4.77. The van der Waals surface area contributed by atoms with Gasteiger partial charge in [-0.25, -0.2) is 0 Å². The van der Waals surface area contributed by atoms with Crippen LogP contribution in [0.2, 0.25) is 0 Å². The minimum Gasteiger partial charge on any atom is -0.385 e. The summed E-state index contributed by atoms with van der Waals surface area (Å²) in [4.78, 5) is 4.17. The van der Waals surface area contributed by atoms with E-state index in [9.17, 15) is 0 Å². The van der Waals surface area contributed by atoms with Gasteiger partial charge in [-0.1, -0.05) is 0 Å². The van der Waals surface area contributed by atoms with Crippen LogP contribution in [0.1, 0.15) is 18.5 Å². The summed E-state index contributed by atoms with van der Waals surface area (Å²) in [6, 6.07) is 4.04. The number of nitrogens with one attached hydrogen (secondary N) is 1. The number of rotatable bonds is 7. The molecule has 0 spiro atoms. The first-order valence-electron chi connectivity index (χ1n) is 6.66. The lowest BCUT2D eigenvalue weighted by molar-refractivity contribution is 0.0897. The predicted molar refractivity (Wildman–Crippen MR) is 71.8 cm³/mol. The summed E-state index contributed by atoms with van der Waals surface area (Å²) in [6.45, 7) is 6.36. The molecular weight excluding hydrogens is 228 g/mol. The zero-order valence-electron chi connectivity index (χ0n) is 11.0. The fourth-order valence-corrected chi connectivity index (χ4v) is 2.03. The van der Waals surface area contributed by atoms with Crippen molar-refractivity contribution in [1.29, 1.82) is 0 Å². The maximum absolute atomic E-state index is 5.65. The molecule has 2 rings (SSSR count). The molecule has 0 aliphatic carbocycles. The van der Waals surface area contributed by atoms with Crippen LogP contribution in [0.15, 0.2) is 18.3 Å². The lowest BCUT2D eigenvalue weighted by Crippen LogP contribution is -2.12. The van der Waals surface area contributed by atoms with Gasteiger partial charge in [0.2, 0.25) is 0 Å². The van der Waals surface area contributed by atoms with Crippen LogP contribution in [0.4, 0.5) is 5.69 Å². The monoisotopic (exact) mass is 250 g/mol. The average Bonchev–Trinajstić information content (AvgIpc) is 2.87. The predicted octanol–water partition coefficient (Wildman–Crippen LogP) is 2.25. The maximum Gasteiger partial charge on any atom is 0.0517 e. The summed E-state index contributed by atoms with van der Waals surface area (Å²) < 4.78 is 11.0. The molecule has 4 heteroatoms. The highest BCUT2D eigenvalue weighted by atomic mass is 16.5. The van der Waals surface area contributed by atoms with Crippen molar-refractivity contribution in [1.82, 2.24) is 4.98 Å². The number of hydrogen-bond acceptors (Lipinski definition) is 4. The van der Waals surface area contributed by atoms with Crippen LogP contribution in [-0.4, -0.2) is 38.0 Å². The van der Waals surface area contributed by atoms with Gasteiger partial charge in [0.15, 0.2) is 0 Å². The van der Waals surface area contributed by atoms with E-state index < -0.39 is 0 Å². The van der Waals surface area contributed by atoms with E-state index in [0.29, 0.717) is 5.92 Å². The Morgan fingerprint density at radius 1 is 1.56 bits per heavy atom. The third kappa shape index (κ3) is 4.63. The SMILES string of the molecule is Cc1cc(NCCCOCC2CCOC2)ccn1. The van der Waals surface area contributed by atoms with E-state index in [1.807, 2.05) is 19.2 Å². The van der Waals surface area contributed by atoms with Gasteiger partial charge in [0, 0.05) is 43.3 Å². The number of pyridine rings is 1. The fourth-order valence-electron chi connectivity index (χ4n) is 2.03. The molecular formula is C14H22N2O2. The van der Waals surface area contributed by atoms with Crippen molar-refractivity contribution in [2.75, 3.05) is 38.3 Å². The molecule has 0 aromatic carbocycles. The third-order valence-electron chi connectivity index (χ3n) is 3.07. The molecule has 1 aliphatic rings. The average molecular weight is 250 g/mol. The van der Waals surface area contributed by atoms with Crippen molar-refractivity contribution < 1.29 is 9.47 Å². The van der Waals surface area contributed by atoms with Crippen molar-refractivity contribution >= 4 is 5.69 Å². The van der Waals surface area contributed by atoms with Gasteiger partial charge in [0.1, 0.15) is 0 Å². The Kier molecular flexibility index (Phi) is 5.42. The Hall–Kier alpha value is -1.13. The van der Waals surface area contributed by atoms with Crippen molar-refractivity contribution in [2.24, 2.45) is 5.92 Å². The standard InChI is InChI=1S/C14H22N2O2/c1-12-9-14(3-6-15-12)16-5-2-7-17-10-13-4-8-18-11-13/h3,6,9,13H,2,4-5,7-8,10-11H2,1H3,(H,15,16). The molecule has 0 bridgehead atoms. The highest BCUT2D eigenvalue weighted by molar-refractivity contribution is 5.42.